The van der Waals surface area contributed by atoms with Gasteiger partial charge in [-0.2, -0.15) is 12.6 Å². The van der Waals surface area contributed by atoms with E-state index in [0.717, 1.165) is 11.1 Å². The smallest absolute Gasteiger partial charge is 0.320 e. The lowest BCUT2D eigenvalue weighted by Gasteiger charge is -2.25. The van der Waals surface area contributed by atoms with Crippen molar-refractivity contribution in [3.63, 3.8) is 0 Å². The monoisotopic (exact) mass is 423 g/mol. The van der Waals surface area contributed by atoms with Crippen LogP contribution in [0.3, 0.4) is 0 Å². The van der Waals surface area contributed by atoms with Gasteiger partial charge in [0.25, 0.3) is 0 Å². The van der Waals surface area contributed by atoms with Gasteiger partial charge in [-0.3, -0.25) is 4.79 Å². The topological polar surface area (TPSA) is 57.0 Å². The van der Waals surface area contributed by atoms with Crippen LogP contribution in [0.15, 0.2) is 36.4 Å². The normalized spacial score (nSPS) is 13.5. The number of halogens is 2. The van der Waals surface area contributed by atoms with Crippen LogP contribution in [0.1, 0.15) is 25.2 Å². The summed E-state index contributed by atoms with van der Waals surface area (Å²) in [5.74, 6) is 0.401. The summed E-state index contributed by atoms with van der Waals surface area (Å²) in [5, 5.41) is 1.00. The van der Waals surface area contributed by atoms with Gasteiger partial charge in [0.05, 0.1) is 12.1 Å². The van der Waals surface area contributed by atoms with Crippen LogP contribution in [-0.2, 0) is 21.5 Å². The van der Waals surface area contributed by atoms with Crippen LogP contribution in [0.2, 0.25) is 10.2 Å². The number of thiol groups is 1. The molecule has 0 saturated heterocycles. The minimum absolute atomic E-state index is 0.240. The summed E-state index contributed by atoms with van der Waals surface area (Å²) >= 11 is 16.4. The van der Waals surface area contributed by atoms with E-state index in [1.807, 2.05) is 34.9 Å². The molecule has 8 heteroatoms. The molecule has 3 aromatic rings. The third-order valence-electron chi connectivity index (χ3n) is 4.37. The van der Waals surface area contributed by atoms with Gasteiger partial charge < -0.3 is 9.30 Å². The Bertz CT molecular complexity index is 975. The molecule has 142 valence electrons. The van der Waals surface area contributed by atoms with Crippen LogP contribution in [0.4, 0.5) is 0 Å². The molecule has 0 aliphatic rings. The van der Waals surface area contributed by atoms with Crippen LogP contribution in [0.25, 0.3) is 11.2 Å². The largest absolute Gasteiger partial charge is 0.465 e. The number of hydrogen-bond acceptors (Lipinski definition) is 5. The fourth-order valence-electron chi connectivity index (χ4n) is 2.86. The average molecular weight is 424 g/mol. The van der Waals surface area contributed by atoms with Gasteiger partial charge >= 0.3 is 5.97 Å². The van der Waals surface area contributed by atoms with Gasteiger partial charge in [-0.25, -0.2) is 9.97 Å². The van der Waals surface area contributed by atoms with Gasteiger partial charge in [-0.15, -0.1) is 0 Å². The number of benzene rings is 1. The molecular formula is C19H19Cl2N3O2S. The number of aromatic nitrogens is 3. The van der Waals surface area contributed by atoms with Crippen molar-refractivity contribution in [2.75, 3.05) is 12.4 Å². The minimum atomic E-state index is -1.03. The molecule has 1 unspecified atom stereocenters. The van der Waals surface area contributed by atoms with Crippen molar-refractivity contribution in [3.8, 4) is 0 Å². The molecule has 0 radical (unpaired) electrons. The van der Waals surface area contributed by atoms with Crippen LogP contribution < -0.4 is 0 Å². The van der Waals surface area contributed by atoms with E-state index in [1.165, 1.54) is 0 Å². The second kappa shape index (κ2) is 8.09. The zero-order valence-electron chi connectivity index (χ0n) is 14.9. The maximum Gasteiger partial charge on any atom is 0.320 e. The predicted octanol–water partition coefficient (Wildman–Crippen LogP) is 4.54. The Hall–Kier alpha value is -1.76. The van der Waals surface area contributed by atoms with Crippen molar-refractivity contribution < 1.29 is 9.53 Å². The molecule has 5 nitrogen and oxygen atoms in total. The Morgan fingerprint density at radius 2 is 1.89 bits per heavy atom. The highest BCUT2D eigenvalue weighted by atomic mass is 35.5. The van der Waals surface area contributed by atoms with E-state index in [-0.39, 0.29) is 18.3 Å². The number of fused-ring (bicyclic) bond motifs is 1. The fourth-order valence-corrected chi connectivity index (χ4v) is 3.40. The lowest BCUT2D eigenvalue weighted by Crippen LogP contribution is -2.39. The summed E-state index contributed by atoms with van der Waals surface area (Å²) in [4.78, 5) is 21.6. The highest BCUT2D eigenvalue weighted by Gasteiger charge is 2.40. The average Bonchev–Trinajstić information content (AvgIpc) is 3.01. The number of pyridine rings is 1. The number of imidazole rings is 1. The van der Waals surface area contributed by atoms with Crippen molar-refractivity contribution >= 4 is 53.0 Å². The standard InChI is InChI=1S/C19H19Cl2N3O2S/c1-3-26-18(25)19(2,11-27)17-23-16-14(8-9-15(21)22-16)24(17)10-12-4-6-13(20)7-5-12/h4-9,27H,3,10-11H2,1-2H3. The van der Waals surface area contributed by atoms with Gasteiger partial charge in [0.15, 0.2) is 5.65 Å². The summed E-state index contributed by atoms with van der Waals surface area (Å²) in [6.45, 7) is 4.33. The van der Waals surface area contributed by atoms with Crippen molar-refractivity contribution in [2.24, 2.45) is 0 Å². The fraction of sp³-hybridized carbons (Fsp3) is 0.316. The molecule has 27 heavy (non-hydrogen) atoms. The SMILES string of the molecule is CCOC(=O)C(C)(CS)c1nc2nc(Cl)ccc2n1Cc1ccc(Cl)cc1. The van der Waals surface area contributed by atoms with Crippen molar-refractivity contribution in [1.82, 2.24) is 14.5 Å². The molecule has 0 saturated carbocycles. The van der Waals surface area contributed by atoms with E-state index in [4.69, 9.17) is 27.9 Å². The van der Waals surface area contributed by atoms with Gasteiger partial charge in [0, 0.05) is 17.3 Å². The van der Waals surface area contributed by atoms with Gasteiger partial charge in [0.2, 0.25) is 0 Å². The zero-order valence-corrected chi connectivity index (χ0v) is 17.4. The first-order chi connectivity index (χ1) is 12.9. The van der Waals surface area contributed by atoms with Crippen LogP contribution in [0, 0.1) is 0 Å². The first-order valence-corrected chi connectivity index (χ1v) is 9.83. The first-order valence-electron chi connectivity index (χ1n) is 8.45. The third kappa shape index (κ3) is 3.93. The van der Waals surface area contributed by atoms with Crippen LogP contribution in [-0.4, -0.2) is 32.9 Å². The molecule has 0 N–H and O–H groups in total. The van der Waals surface area contributed by atoms with Crippen molar-refractivity contribution in [3.05, 3.63) is 58.0 Å². The number of rotatable bonds is 6. The van der Waals surface area contributed by atoms with E-state index in [0.29, 0.717) is 28.2 Å². The van der Waals surface area contributed by atoms with E-state index in [1.54, 1.807) is 19.9 Å². The van der Waals surface area contributed by atoms with E-state index >= 15 is 0 Å². The molecule has 3 rings (SSSR count). The molecule has 1 atom stereocenters. The van der Waals surface area contributed by atoms with Gasteiger partial charge in [0.1, 0.15) is 16.4 Å². The maximum atomic E-state index is 12.7. The Kier molecular flexibility index (Phi) is 5.99. The summed E-state index contributed by atoms with van der Waals surface area (Å²) in [7, 11) is 0. The molecular weight excluding hydrogens is 405 g/mol. The van der Waals surface area contributed by atoms with Crippen molar-refractivity contribution in [1.29, 1.82) is 0 Å². The van der Waals surface area contributed by atoms with Crippen LogP contribution >= 0.6 is 35.8 Å². The summed E-state index contributed by atoms with van der Waals surface area (Å²) in [5.41, 5.74) is 1.24. The molecule has 0 bridgehead atoms. The highest BCUT2D eigenvalue weighted by Crippen LogP contribution is 2.31. The Labute approximate surface area is 173 Å². The Morgan fingerprint density at radius 3 is 2.52 bits per heavy atom. The number of ether oxygens (including phenoxy) is 1. The van der Waals surface area contributed by atoms with E-state index < -0.39 is 5.41 Å². The minimum Gasteiger partial charge on any atom is -0.465 e. The molecule has 0 amide bonds. The lowest BCUT2D eigenvalue weighted by atomic mass is 9.92. The number of hydrogen-bond donors (Lipinski definition) is 1. The molecule has 0 spiro atoms. The molecule has 1 aromatic carbocycles. The molecule has 2 aromatic heterocycles. The summed E-state index contributed by atoms with van der Waals surface area (Å²) in [6.07, 6.45) is 0. The number of carbonyl (C=O) groups excluding carboxylic acids is 1. The molecule has 0 fully saturated rings. The van der Waals surface area contributed by atoms with Gasteiger partial charge in [-0.1, -0.05) is 35.3 Å². The second-order valence-corrected chi connectivity index (χ2v) is 7.48. The Balaban J connectivity index is 2.18. The second-order valence-electron chi connectivity index (χ2n) is 6.34. The summed E-state index contributed by atoms with van der Waals surface area (Å²) < 4.78 is 7.24. The first kappa shape index (κ1) is 20.0. The van der Waals surface area contributed by atoms with Crippen molar-refractivity contribution in [2.45, 2.75) is 25.8 Å². The quantitative estimate of drug-likeness (QED) is 0.359. The summed E-state index contributed by atoms with van der Waals surface area (Å²) in [6, 6.07) is 11.1. The number of esters is 1. The third-order valence-corrected chi connectivity index (χ3v) is 5.46. The Morgan fingerprint density at radius 1 is 1.19 bits per heavy atom. The molecule has 0 aliphatic heterocycles. The maximum absolute atomic E-state index is 12.7. The lowest BCUT2D eigenvalue weighted by molar-refractivity contribution is -0.148. The zero-order chi connectivity index (χ0) is 19.6. The van der Waals surface area contributed by atoms with Crippen LogP contribution in [0.5, 0.6) is 0 Å². The molecule has 0 aliphatic carbocycles. The molecule has 2 heterocycles. The van der Waals surface area contributed by atoms with E-state index in [2.05, 4.69) is 22.6 Å². The highest BCUT2D eigenvalue weighted by molar-refractivity contribution is 7.80. The van der Waals surface area contributed by atoms with Gasteiger partial charge in [-0.05, 0) is 43.7 Å². The van der Waals surface area contributed by atoms with E-state index in [9.17, 15) is 4.79 Å². The number of carbonyl (C=O) groups is 1. The number of nitrogens with zero attached hydrogens (tertiary/aromatic N) is 3. The predicted molar refractivity (Wildman–Crippen MR) is 111 cm³/mol.